The summed E-state index contributed by atoms with van der Waals surface area (Å²) >= 11 is 0. The van der Waals surface area contributed by atoms with E-state index in [1.165, 1.54) is 18.9 Å². The first-order valence-electron chi connectivity index (χ1n) is 10.4. The van der Waals surface area contributed by atoms with Gasteiger partial charge in [-0.05, 0) is 62.9 Å². The van der Waals surface area contributed by atoms with Gasteiger partial charge in [0.25, 0.3) is 0 Å². The summed E-state index contributed by atoms with van der Waals surface area (Å²) in [5.41, 5.74) is 4.48. The monoisotopic (exact) mass is 405 g/mol. The number of aryl methyl sites for hydroxylation is 1. The van der Waals surface area contributed by atoms with Gasteiger partial charge in [0.05, 0.1) is 24.3 Å². The van der Waals surface area contributed by atoms with Crippen molar-refractivity contribution in [3.63, 3.8) is 0 Å². The second-order valence-electron chi connectivity index (χ2n) is 8.41. The number of halogens is 2. The standard InChI is InChI=1S/C23H21F2N5/c1-13-27-20-9-5-16(28-23(20)30(13)17-6-7-17)11-29-12-26-21(22(29)14-2-3-14)18-10-15(24)4-8-19(18)25/h4-5,8-10,12,14,17H,2-3,6-7,11H2,1H3. The maximum atomic E-state index is 14.4. The Kier molecular flexibility index (Phi) is 3.82. The van der Waals surface area contributed by atoms with Crippen LogP contribution in [0.2, 0.25) is 0 Å². The van der Waals surface area contributed by atoms with Crippen LogP contribution < -0.4 is 0 Å². The molecule has 2 saturated carbocycles. The number of hydrogen-bond acceptors (Lipinski definition) is 3. The van der Waals surface area contributed by atoms with Crippen LogP contribution in [0.5, 0.6) is 0 Å². The predicted octanol–water partition coefficient (Wildman–Crippen LogP) is 5.14. The van der Waals surface area contributed by atoms with Crippen molar-refractivity contribution in [3.8, 4) is 11.3 Å². The molecule has 0 spiro atoms. The summed E-state index contributed by atoms with van der Waals surface area (Å²) in [4.78, 5) is 14.0. The molecule has 6 rings (SSSR count). The van der Waals surface area contributed by atoms with Crippen molar-refractivity contribution in [2.75, 3.05) is 0 Å². The number of imidazole rings is 2. The molecule has 2 aliphatic carbocycles. The average Bonchev–Trinajstić information content (AvgIpc) is 3.66. The zero-order valence-corrected chi connectivity index (χ0v) is 16.6. The molecule has 0 N–H and O–H groups in total. The number of pyridine rings is 1. The van der Waals surface area contributed by atoms with E-state index in [1.807, 2.05) is 23.6 Å². The van der Waals surface area contributed by atoms with Crippen LogP contribution in [0.25, 0.3) is 22.4 Å². The first kappa shape index (κ1) is 17.7. The highest BCUT2D eigenvalue weighted by Crippen LogP contribution is 2.45. The number of benzene rings is 1. The molecule has 2 fully saturated rings. The Balaban J connectivity index is 1.41. The fourth-order valence-corrected chi connectivity index (χ4v) is 4.35. The van der Waals surface area contributed by atoms with Crippen molar-refractivity contribution in [3.05, 3.63) is 65.5 Å². The summed E-state index contributed by atoms with van der Waals surface area (Å²) in [5.74, 6) is 0.417. The third-order valence-corrected chi connectivity index (χ3v) is 6.04. The van der Waals surface area contributed by atoms with E-state index in [-0.39, 0.29) is 5.56 Å². The molecule has 30 heavy (non-hydrogen) atoms. The Morgan fingerprint density at radius 2 is 1.87 bits per heavy atom. The molecule has 3 heterocycles. The quantitative estimate of drug-likeness (QED) is 0.462. The van der Waals surface area contributed by atoms with Crippen LogP contribution in [0, 0.1) is 18.6 Å². The molecule has 0 unspecified atom stereocenters. The largest absolute Gasteiger partial charge is 0.328 e. The summed E-state index contributed by atoms with van der Waals surface area (Å²) in [7, 11) is 0. The van der Waals surface area contributed by atoms with E-state index in [0.29, 0.717) is 24.2 Å². The molecule has 7 heteroatoms. The molecule has 152 valence electrons. The number of fused-ring (bicyclic) bond motifs is 1. The van der Waals surface area contributed by atoms with E-state index >= 15 is 0 Å². The van der Waals surface area contributed by atoms with E-state index in [1.54, 1.807) is 6.33 Å². The molecule has 2 aliphatic rings. The number of nitrogens with zero attached hydrogens (tertiary/aromatic N) is 5. The molecule has 1 aromatic carbocycles. The molecule has 0 amide bonds. The average molecular weight is 405 g/mol. The topological polar surface area (TPSA) is 48.5 Å². The summed E-state index contributed by atoms with van der Waals surface area (Å²) in [6, 6.07) is 8.05. The minimum absolute atomic E-state index is 0.224. The molecular formula is C23H21F2N5. The summed E-state index contributed by atoms with van der Waals surface area (Å²) in [6.07, 6.45) is 6.15. The van der Waals surface area contributed by atoms with E-state index in [9.17, 15) is 8.78 Å². The summed E-state index contributed by atoms with van der Waals surface area (Å²) < 4.78 is 32.5. The Hall–Kier alpha value is -3.09. The Morgan fingerprint density at radius 3 is 2.63 bits per heavy atom. The van der Waals surface area contributed by atoms with Crippen LogP contribution in [-0.2, 0) is 6.54 Å². The van der Waals surface area contributed by atoms with Crippen molar-refractivity contribution in [2.24, 2.45) is 0 Å². The number of hydrogen-bond donors (Lipinski definition) is 0. The lowest BCUT2D eigenvalue weighted by atomic mass is 10.1. The van der Waals surface area contributed by atoms with Crippen LogP contribution in [0.3, 0.4) is 0 Å². The Bertz CT molecular complexity index is 1280. The lowest BCUT2D eigenvalue weighted by Gasteiger charge is -2.10. The lowest BCUT2D eigenvalue weighted by molar-refractivity contribution is 0.602. The zero-order valence-electron chi connectivity index (χ0n) is 16.6. The maximum absolute atomic E-state index is 14.4. The van der Waals surface area contributed by atoms with Gasteiger partial charge in [-0.3, -0.25) is 0 Å². The van der Waals surface area contributed by atoms with Crippen molar-refractivity contribution in [1.29, 1.82) is 0 Å². The van der Waals surface area contributed by atoms with Gasteiger partial charge in [-0.2, -0.15) is 0 Å². The second-order valence-corrected chi connectivity index (χ2v) is 8.41. The van der Waals surface area contributed by atoms with E-state index in [0.717, 1.165) is 53.4 Å². The number of rotatable bonds is 5. The van der Waals surface area contributed by atoms with Gasteiger partial charge in [-0.1, -0.05) is 0 Å². The molecule has 0 radical (unpaired) electrons. The highest BCUT2D eigenvalue weighted by molar-refractivity contribution is 5.72. The molecular weight excluding hydrogens is 384 g/mol. The third kappa shape index (κ3) is 2.91. The SMILES string of the molecule is Cc1nc2ccc(Cn3cnc(-c4cc(F)ccc4F)c3C3CC3)nc2n1C1CC1. The lowest BCUT2D eigenvalue weighted by Crippen LogP contribution is -2.06. The van der Waals surface area contributed by atoms with Crippen LogP contribution in [-0.4, -0.2) is 24.1 Å². The van der Waals surface area contributed by atoms with E-state index in [2.05, 4.69) is 14.5 Å². The van der Waals surface area contributed by atoms with Gasteiger partial charge in [0.1, 0.15) is 23.0 Å². The van der Waals surface area contributed by atoms with Crippen LogP contribution >= 0.6 is 0 Å². The molecule has 0 aliphatic heterocycles. The van der Waals surface area contributed by atoms with Crippen molar-refractivity contribution >= 4 is 11.2 Å². The Morgan fingerprint density at radius 1 is 1.03 bits per heavy atom. The van der Waals surface area contributed by atoms with Gasteiger partial charge in [0.2, 0.25) is 0 Å². The van der Waals surface area contributed by atoms with Crippen molar-refractivity contribution in [2.45, 2.75) is 51.1 Å². The van der Waals surface area contributed by atoms with Crippen molar-refractivity contribution in [1.82, 2.24) is 24.1 Å². The van der Waals surface area contributed by atoms with Gasteiger partial charge in [0, 0.05) is 23.2 Å². The third-order valence-electron chi connectivity index (χ3n) is 6.04. The molecule has 0 atom stereocenters. The fourth-order valence-electron chi connectivity index (χ4n) is 4.35. The normalized spacial score (nSPS) is 16.5. The minimum Gasteiger partial charge on any atom is -0.328 e. The van der Waals surface area contributed by atoms with Gasteiger partial charge in [-0.15, -0.1) is 0 Å². The van der Waals surface area contributed by atoms with Gasteiger partial charge in [-0.25, -0.2) is 23.7 Å². The molecule has 4 aromatic rings. The van der Waals surface area contributed by atoms with E-state index < -0.39 is 11.6 Å². The van der Waals surface area contributed by atoms with Crippen LogP contribution in [0.4, 0.5) is 8.78 Å². The summed E-state index contributed by atoms with van der Waals surface area (Å²) in [6.45, 7) is 2.57. The highest BCUT2D eigenvalue weighted by atomic mass is 19.1. The first-order valence-corrected chi connectivity index (χ1v) is 10.4. The van der Waals surface area contributed by atoms with Crippen LogP contribution in [0.1, 0.15) is 54.9 Å². The Labute approximate surface area is 172 Å². The number of aromatic nitrogens is 5. The van der Waals surface area contributed by atoms with Gasteiger partial charge >= 0.3 is 0 Å². The predicted molar refractivity (Wildman–Crippen MR) is 109 cm³/mol. The van der Waals surface area contributed by atoms with Crippen molar-refractivity contribution < 1.29 is 8.78 Å². The molecule has 0 bridgehead atoms. The van der Waals surface area contributed by atoms with E-state index in [4.69, 9.17) is 4.98 Å². The molecule has 0 saturated heterocycles. The molecule has 5 nitrogen and oxygen atoms in total. The zero-order chi connectivity index (χ0) is 20.4. The first-order chi connectivity index (χ1) is 14.6. The maximum Gasteiger partial charge on any atom is 0.160 e. The smallest absolute Gasteiger partial charge is 0.160 e. The summed E-state index contributed by atoms with van der Waals surface area (Å²) in [5, 5.41) is 0. The fraction of sp³-hybridized carbons (Fsp3) is 0.348. The van der Waals surface area contributed by atoms with Gasteiger partial charge < -0.3 is 9.13 Å². The second kappa shape index (κ2) is 6.45. The molecule has 3 aromatic heterocycles. The highest BCUT2D eigenvalue weighted by Gasteiger charge is 2.32. The minimum atomic E-state index is -0.460. The van der Waals surface area contributed by atoms with Gasteiger partial charge in [0.15, 0.2) is 5.65 Å². The van der Waals surface area contributed by atoms with Crippen LogP contribution in [0.15, 0.2) is 36.7 Å².